The SMILES string of the molecule is [C-]#[N+]c1ncc(Br)c(N)n1. The number of nitrogens with zero attached hydrogens (tertiary/aromatic N) is 3. The van der Waals surface area contributed by atoms with Crippen molar-refractivity contribution >= 4 is 27.7 Å². The molecule has 2 N–H and O–H groups in total. The molecule has 1 rings (SSSR count). The van der Waals surface area contributed by atoms with Gasteiger partial charge in [0.2, 0.25) is 5.82 Å². The van der Waals surface area contributed by atoms with Gasteiger partial charge in [-0.05, 0) is 15.9 Å². The van der Waals surface area contributed by atoms with Crippen molar-refractivity contribution in [2.45, 2.75) is 0 Å². The van der Waals surface area contributed by atoms with Crippen LogP contribution in [0.4, 0.5) is 11.8 Å². The molecule has 0 saturated carbocycles. The second-order valence-corrected chi connectivity index (χ2v) is 2.37. The van der Waals surface area contributed by atoms with Crippen LogP contribution in [0.2, 0.25) is 0 Å². The van der Waals surface area contributed by atoms with E-state index in [-0.39, 0.29) is 5.95 Å². The van der Waals surface area contributed by atoms with Crippen LogP contribution in [0.1, 0.15) is 0 Å². The third kappa shape index (κ3) is 1.22. The summed E-state index contributed by atoms with van der Waals surface area (Å²) < 4.78 is 0.611. The molecule has 1 heterocycles. The van der Waals surface area contributed by atoms with Crippen LogP contribution in [0, 0.1) is 6.57 Å². The normalized spacial score (nSPS) is 8.80. The lowest BCUT2D eigenvalue weighted by Crippen LogP contribution is -1.91. The van der Waals surface area contributed by atoms with E-state index in [1.165, 1.54) is 6.20 Å². The Morgan fingerprint density at radius 1 is 1.70 bits per heavy atom. The Morgan fingerprint density at radius 2 is 2.40 bits per heavy atom. The predicted octanol–water partition coefficient (Wildman–Crippen LogP) is 1.37. The number of rotatable bonds is 0. The highest BCUT2D eigenvalue weighted by Crippen LogP contribution is 2.17. The second-order valence-electron chi connectivity index (χ2n) is 1.51. The van der Waals surface area contributed by atoms with Crippen LogP contribution in [-0.2, 0) is 0 Å². The Morgan fingerprint density at radius 3 is 2.90 bits per heavy atom. The summed E-state index contributed by atoms with van der Waals surface area (Å²) in [7, 11) is 0. The van der Waals surface area contributed by atoms with E-state index < -0.39 is 0 Å². The van der Waals surface area contributed by atoms with Crippen molar-refractivity contribution in [3.63, 3.8) is 0 Å². The van der Waals surface area contributed by atoms with E-state index in [0.29, 0.717) is 10.3 Å². The summed E-state index contributed by atoms with van der Waals surface area (Å²) in [5.41, 5.74) is 5.35. The van der Waals surface area contributed by atoms with Gasteiger partial charge in [0.05, 0.1) is 0 Å². The van der Waals surface area contributed by atoms with Gasteiger partial charge in [0, 0.05) is 0 Å². The van der Waals surface area contributed by atoms with Crippen LogP contribution in [0.25, 0.3) is 4.85 Å². The molecular formula is C5H3BrN4. The number of halogens is 1. The summed E-state index contributed by atoms with van der Waals surface area (Å²) in [4.78, 5) is 10.3. The third-order valence-electron chi connectivity index (χ3n) is 0.859. The van der Waals surface area contributed by atoms with Crippen molar-refractivity contribution in [3.05, 3.63) is 22.1 Å². The highest BCUT2D eigenvalue weighted by molar-refractivity contribution is 9.10. The molecule has 10 heavy (non-hydrogen) atoms. The summed E-state index contributed by atoms with van der Waals surface area (Å²) in [5, 5.41) is 0. The zero-order chi connectivity index (χ0) is 7.56. The van der Waals surface area contributed by atoms with Gasteiger partial charge < -0.3 is 10.6 Å². The van der Waals surface area contributed by atoms with Crippen molar-refractivity contribution in [1.29, 1.82) is 0 Å². The maximum Gasteiger partial charge on any atom is 0.373 e. The van der Waals surface area contributed by atoms with Gasteiger partial charge in [-0.2, -0.15) is 4.98 Å². The van der Waals surface area contributed by atoms with Crippen molar-refractivity contribution < 1.29 is 0 Å². The van der Waals surface area contributed by atoms with Gasteiger partial charge in [0.1, 0.15) is 10.7 Å². The third-order valence-corrected chi connectivity index (χ3v) is 1.47. The molecule has 0 unspecified atom stereocenters. The standard InChI is InChI=1S/C5H3BrN4/c1-8-5-9-2-3(6)4(7)10-5/h2H,(H2,7,9,10). The van der Waals surface area contributed by atoms with Crippen molar-refractivity contribution in [1.82, 2.24) is 9.97 Å². The molecule has 0 radical (unpaired) electrons. The largest absolute Gasteiger partial charge is 0.394 e. The number of aromatic nitrogens is 2. The number of nitrogen functional groups attached to an aromatic ring is 1. The quantitative estimate of drug-likeness (QED) is 0.642. The average Bonchev–Trinajstić information content (AvgIpc) is 1.95. The molecule has 0 spiro atoms. The van der Waals surface area contributed by atoms with E-state index >= 15 is 0 Å². The Kier molecular flexibility index (Phi) is 1.83. The first-order chi connectivity index (χ1) is 4.74. The van der Waals surface area contributed by atoms with Crippen molar-refractivity contribution in [2.24, 2.45) is 0 Å². The van der Waals surface area contributed by atoms with E-state index in [9.17, 15) is 0 Å². The minimum atomic E-state index is 0.0701. The van der Waals surface area contributed by atoms with Gasteiger partial charge >= 0.3 is 5.95 Å². The van der Waals surface area contributed by atoms with Gasteiger partial charge in [-0.3, -0.25) is 0 Å². The summed E-state index contributed by atoms with van der Waals surface area (Å²) in [5.74, 6) is 0.363. The Labute approximate surface area is 66.0 Å². The molecule has 0 aliphatic heterocycles. The fourth-order valence-corrected chi connectivity index (χ4v) is 0.615. The molecule has 0 aliphatic rings. The highest BCUT2D eigenvalue weighted by Gasteiger charge is 2.01. The fraction of sp³-hybridized carbons (Fsp3) is 0. The predicted molar refractivity (Wildman–Crippen MR) is 40.4 cm³/mol. The van der Waals surface area contributed by atoms with Gasteiger partial charge in [-0.15, -0.1) is 11.6 Å². The molecule has 0 saturated heterocycles. The highest BCUT2D eigenvalue weighted by atomic mass is 79.9. The maximum absolute atomic E-state index is 6.54. The number of hydrogen-bond donors (Lipinski definition) is 1. The Hall–Kier alpha value is -1.15. The van der Waals surface area contributed by atoms with Crippen LogP contribution in [0.15, 0.2) is 10.7 Å². The molecule has 0 amide bonds. The molecule has 1 aromatic heterocycles. The average molecular weight is 199 g/mol. The second kappa shape index (κ2) is 2.62. The Balaban J connectivity index is 3.20. The molecule has 1 aromatic rings. The smallest absolute Gasteiger partial charge is 0.373 e. The molecule has 4 nitrogen and oxygen atoms in total. The van der Waals surface area contributed by atoms with E-state index in [1.807, 2.05) is 0 Å². The van der Waals surface area contributed by atoms with E-state index in [2.05, 4.69) is 30.7 Å². The number of anilines is 1. The summed E-state index contributed by atoms with van der Waals surface area (Å²) in [6.45, 7) is 6.54. The van der Waals surface area contributed by atoms with Gasteiger partial charge in [0.25, 0.3) is 0 Å². The topological polar surface area (TPSA) is 56.2 Å². The molecule has 50 valence electrons. The van der Waals surface area contributed by atoms with Crippen LogP contribution in [0.5, 0.6) is 0 Å². The minimum Gasteiger partial charge on any atom is -0.394 e. The van der Waals surface area contributed by atoms with Crippen molar-refractivity contribution in [3.8, 4) is 0 Å². The van der Waals surface area contributed by atoms with Crippen LogP contribution in [-0.4, -0.2) is 9.97 Å². The lowest BCUT2D eigenvalue weighted by Gasteiger charge is -1.90. The molecule has 0 aromatic carbocycles. The molecular weight excluding hydrogens is 196 g/mol. The van der Waals surface area contributed by atoms with Crippen LogP contribution in [0.3, 0.4) is 0 Å². The summed E-state index contributed by atoms with van der Waals surface area (Å²) in [6, 6.07) is 0. The van der Waals surface area contributed by atoms with Crippen LogP contribution >= 0.6 is 15.9 Å². The first-order valence-electron chi connectivity index (χ1n) is 2.39. The molecule has 0 fully saturated rings. The van der Waals surface area contributed by atoms with Crippen molar-refractivity contribution in [2.75, 3.05) is 5.73 Å². The molecule has 0 bridgehead atoms. The fourth-order valence-electron chi connectivity index (χ4n) is 0.424. The van der Waals surface area contributed by atoms with Crippen LogP contribution < -0.4 is 5.73 Å². The molecule has 0 atom stereocenters. The number of hydrogen-bond acceptors (Lipinski definition) is 3. The number of nitrogens with two attached hydrogens (primary N) is 1. The zero-order valence-electron chi connectivity index (χ0n) is 4.87. The Bertz CT molecular complexity index is 290. The van der Waals surface area contributed by atoms with Gasteiger partial charge in [-0.25, -0.2) is 0 Å². The summed E-state index contributed by atoms with van der Waals surface area (Å²) >= 11 is 3.11. The first-order valence-corrected chi connectivity index (χ1v) is 3.19. The lowest BCUT2D eigenvalue weighted by molar-refractivity contribution is 1.19. The van der Waals surface area contributed by atoms with E-state index in [4.69, 9.17) is 12.3 Å². The monoisotopic (exact) mass is 198 g/mol. The van der Waals surface area contributed by atoms with Gasteiger partial charge in [0.15, 0.2) is 0 Å². The summed E-state index contributed by atoms with van der Waals surface area (Å²) in [6.07, 6.45) is 1.45. The first kappa shape index (κ1) is 6.96. The zero-order valence-corrected chi connectivity index (χ0v) is 6.46. The maximum atomic E-state index is 6.54. The van der Waals surface area contributed by atoms with Gasteiger partial charge in [-0.1, -0.05) is 0 Å². The van der Waals surface area contributed by atoms with E-state index in [1.54, 1.807) is 0 Å². The minimum absolute atomic E-state index is 0.0701. The lowest BCUT2D eigenvalue weighted by atomic mass is 10.6. The molecule has 0 aliphatic carbocycles. The van der Waals surface area contributed by atoms with E-state index in [0.717, 1.165) is 0 Å². The molecule has 5 heteroatoms.